The number of fused-ring (bicyclic) bond motifs is 1. The molecule has 0 saturated carbocycles. The van der Waals surface area contributed by atoms with Crippen LogP contribution in [0, 0.1) is 27.4 Å². The van der Waals surface area contributed by atoms with Crippen LogP contribution in [0.2, 0.25) is 0 Å². The van der Waals surface area contributed by atoms with Gasteiger partial charge < -0.3 is 15.0 Å². The van der Waals surface area contributed by atoms with E-state index in [0.717, 1.165) is 0 Å². The van der Waals surface area contributed by atoms with Crippen molar-refractivity contribution >= 4 is 17.3 Å². The Labute approximate surface area is 109 Å². The molecule has 0 N–H and O–H groups in total. The molecule has 7 heteroatoms. The molecule has 2 aromatic rings. The molecule has 1 unspecified atom stereocenters. The monoisotopic (exact) mass is 259 g/mol. The summed E-state index contributed by atoms with van der Waals surface area (Å²) in [5.74, 6) is -0.0315. The minimum absolute atomic E-state index is 0.0803. The number of hydrogen-bond acceptors (Lipinski definition) is 5. The molecule has 0 saturated heterocycles. The molecule has 2 heterocycles. The molecule has 0 aromatic carbocycles. The van der Waals surface area contributed by atoms with Crippen LogP contribution in [0.1, 0.15) is 6.92 Å². The van der Waals surface area contributed by atoms with E-state index in [4.69, 9.17) is 5.26 Å². The van der Waals surface area contributed by atoms with Gasteiger partial charge in [-0.3, -0.25) is 0 Å². The van der Waals surface area contributed by atoms with E-state index < -0.39 is 4.92 Å². The first kappa shape index (κ1) is 12.8. The van der Waals surface area contributed by atoms with Gasteiger partial charge in [-0.2, -0.15) is 14.6 Å². The van der Waals surface area contributed by atoms with E-state index in [9.17, 15) is 10.1 Å². The SMILES string of the molecule is CC(C#N)CN(C)c1nc2ccccn2c1[N+](=O)[O-]. The lowest BCUT2D eigenvalue weighted by atomic mass is 10.2. The van der Waals surface area contributed by atoms with Crippen LogP contribution in [-0.2, 0) is 0 Å². The first-order valence-electron chi connectivity index (χ1n) is 5.76. The predicted octanol–water partition coefficient (Wildman–Crippen LogP) is 1.84. The maximum absolute atomic E-state index is 11.2. The van der Waals surface area contributed by atoms with Gasteiger partial charge in [-0.25, -0.2) is 0 Å². The van der Waals surface area contributed by atoms with E-state index in [-0.39, 0.29) is 17.6 Å². The lowest BCUT2D eigenvalue weighted by molar-refractivity contribution is -0.389. The van der Waals surface area contributed by atoms with E-state index in [0.29, 0.717) is 12.2 Å². The Morgan fingerprint density at radius 1 is 1.63 bits per heavy atom. The minimum Gasteiger partial charge on any atom is -0.358 e. The van der Waals surface area contributed by atoms with Crippen molar-refractivity contribution in [3.05, 3.63) is 34.5 Å². The molecular formula is C12H13N5O2. The van der Waals surface area contributed by atoms with Crippen LogP contribution in [-0.4, -0.2) is 27.9 Å². The number of nitro groups is 1. The molecule has 98 valence electrons. The van der Waals surface area contributed by atoms with Crippen LogP contribution < -0.4 is 4.90 Å². The highest BCUT2D eigenvalue weighted by atomic mass is 16.6. The van der Waals surface area contributed by atoms with Gasteiger partial charge in [0.05, 0.1) is 18.2 Å². The summed E-state index contributed by atoms with van der Waals surface area (Å²) in [6.07, 6.45) is 1.60. The van der Waals surface area contributed by atoms with E-state index in [2.05, 4.69) is 11.1 Å². The summed E-state index contributed by atoms with van der Waals surface area (Å²) in [7, 11) is 1.70. The van der Waals surface area contributed by atoms with Gasteiger partial charge in [0.15, 0.2) is 0 Å². The largest absolute Gasteiger partial charge is 0.372 e. The van der Waals surface area contributed by atoms with Crippen LogP contribution in [0.4, 0.5) is 11.6 Å². The molecular weight excluding hydrogens is 246 g/mol. The first-order valence-corrected chi connectivity index (χ1v) is 5.76. The molecule has 0 amide bonds. The van der Waals surface area contributed by atoms with Crippen molar-refractivity contribution in [2.24, 2.45) is 5.92 Å². The Morgan fingerprint density at radius 3 is 3.00 bits per heavy atom. The molecule has 0 spiro atoms. The van der Waals surface area contributed by atoms with Gasteiger partial charge in [0, 0.05) is 19.7 Å². The Bertz CT molecular complexity index is 658. The van der Waals surface area contributed by atoms with E-state index in [1.54, 1.807) is 43.3 Å². The normalized spacial score (nSPS) is 12.1. The predicted molar refractivity (Wildman–Crippen MR) is 69.9 cm³/mol. The number of nitriles is 1. The molecule has 0 aliphatic rings. The lowest BCUT2D eigenvalue weighted by Crippen LogP contribution is -2.24. The maximum Gasteiger partial charge on any atom is 0.372 e. The van der Waals surface area contributed by atoms with Crippen LogP contribution in [0.5, 0.6) is 0 Å². The van der Waals surface area contributed by atoms with Crippen LogP contribution in [0.25, 0.3) is 5.65 Å². The summed E-state index contributed by atoms with van der Waals surface area (Å²) in [4.78, 5) is 16.7. The fourth-order valence-electron chi connectivity index (χ4n) is 1.93. The number of rotatable bonds is 4. The summed E-state index contributed by atoms with van der Waals surface area (Å²) in [6, 6.07) is 7.29. The highest BCUT2D eigenvalue weighted by Gasteiger charge is 2.25. The smallest absolute Gasteiger partial charge is 0.358 e. The second-order valence-corrected chi connectivity index (χ2v) is 4.36. The zero-order valence-electron chi connectivity index (χ0n) is 10.6. The van der Waals surface area contributed by atoms with Crippen molar-refractivity contribution < 1.29 is 4.92 Å². The molecule has 0 fully saturated rings. The van der Waals surface area contributed by atoms with Crippen molar-refractivity contribution in [1.29, 1.82) is 5.26 Å². The zero-order valence-corrected chi connectivity index (χ0v) is 10.6. The quantitative estimate of drug-likeness (QED) is 0.617. The summed E-state index contributed by atoms with van der Waals surface area (Å²) in [5.41, 5.74) is 0.515. The van der Waals surface area contributed by atoms with Gasteiger partial charge in [0.2, 0.25) is 11.5 Å². The molecule has 2 rings (SSSR count). The fraction of sp³-hybridized carbons (Fsp3) is 0.333. The topological polar surface area (TPSA) is 87.5 Å². The van der Waals surface area contributed by atoms with Gasteiger partial charge in [0.25, 0.3) is 0 Å². The molecule has 0 radical (unpaired) electrons. The van der Waals surface area contributed by atoms with Crippen molar-refractivity contribution in [2.75, 3.05) is 18.5 Å². The van der Waals surface area contributed by atoms with Gasteiger partial charge in [-0.15, -0.1) is 0 Å². The molecule has 1 atom stereocenters. The average molecular weight is 259 g/mol. The summed E-state index contributed by atoms with van der Waals surface area (Å²) in [5, 5.41) is 20.0. The number of anilines is 1. The highest BCUT2D eigenvalue weighted by Crippen LogP contribution is 2.28. The highest BCUT2D eigenvalue weighted by molar-refractivity contribution is 5.63. The minimum atomic E-state index is -0.455. The third-order valence-electron chi connectivity index (χ3n) is 2.79. The number of nitrogens with zero attached hydrogens (tertiary/aromatic N) is 5. The third-order valence-corrected chi connectivity index (χ3v) is 2.79. The maximum atomic E-state index is 11.2. The van der Waals surface area contributed by atoms with Crippen LogP contribution in [0.3, 0.4) is 0 Å². The van der Waals surface area contributed by atoms with Gasteiger partial charge in [-0.1, -0.05) is 6.07 Å². The first-order chi connectivity index (χ1) is 9.04. The molecule has 19 heavy (non-hydrogen) atoms. The molecule has 2 aromatic heterocycles. The second-order valence-electron chi connectivity index (χ2n) is 4.36. The third kappa shape index (κ3) is 2.33. The zero-order chi connectivity index (χ0) is 14.0. The Hall–Kier alpha value is -2.62. The Morgan fingerprint density at radius 2 is 2.37 bits per heavy atom. The van der Waals surface area contributed by atoms with Crippen molar-refractivity contribution in [2.45, 2.75) is 6.92 Å². The average Bonchev–Trinajstić information content (AvgIpc) is 2.77. The van der Waals surface area contributed by atoms with Gasteiger partial charge >= 0.3 is 5.82 Å². The molecule has 0 aliphatic carbocycles. The number of hydrogen-bond donors (Lipinski definition) is 0. The number of pyridine rings is 1. The van der Waals surface area contributed by atoms with Crippen molar-refractivity contribution in [3.63, 3.8) is 0 Å². The van der Waals surface area contributed by atoms with E-state index in [1.807, 2.05) is 0 Å². The molecule has 0 bridgehead atoms. The van der Waals surface area contributed by atoms with E-state index in [1.165, 1.54) is 4.40 Å². The van der Waals surface area contributed by atoms with Crippen LogP contribution >= 0.6 is 0 Å². The van der Waals surface area contributed by atoms with Gasteiger partial charge in [0.1, 0.15) is 0 Å². The standard InChI is InChI=1S/C12H13N5O2/c1-9(7-13)8-15(2)11-12(17(18)19)16-6-4-3-5-10(16)14-11/h3-6,9H,8H2,1-2H3. The Kier molecular flexibility index (Phi) is 3.33. The second kappa shape index (κ2) is 4.94. The lowest BCUT2D eigenvalue weighted by Gasteiger charge is -2.16. The fourth-order valence-corrected chi connectivity index (χ4v) is 1.93. The van der Waals surface area contributed by atoms with Crippen molar-refractivity contribution in [1.82, 2.24) is 9.38 Å². The molecule has 0 aliphatic heterocycles. The number of aromatic nitrogens is 2. The summed E-state index contributed by atoms with van der Waals surface area (Å²) < 4.78 is 1.43. The Balaban J connectivity index is 2.51. The van der Waals surface area contributed by atoms with Crippen LogP contribution in [0.15, 0.2) is 24.4 Å². The summed E-state index contributed by atoms with van der Waals surface area (Å²) in [6.45, 7) is 2.15. The van der Waals surface area contributed by atoms with Gasteiger partial charge in [-0.05, 0) is 17.9 Å². The van der Waals surface area contributed by atoms with Crippen molar-refractivity contribution in [3.8, 4) is 6.07 Å². The van der Waals surface area contributed by atoms with E-state index >= 15 is 0 Å². The molecule has 7 nitrogen and oxygen atoms in total. The summed E-state index contributed by atoms with van der Waals surface area (Å²) >= 11 is 0. The number of imidazole rings is 1.